The van der Waals surface area contributed by atoms with Gasteiger partial charge in [0, 0.05) is 0 Å². The molecule has 22 N–H and O–H groups in total. The third-order valence-electron chi connectivity index (χ3n) is 7.18. The summed E-state index contributed by atoms with van der Waals surface area (Å²) in [5, 5.41) is 152. The molecule has 32 heteroatoms. The topological polar surface area (TPSA) is 601 Å². The zero-order chi connectivity index (χ0) is 45.6. The lowest BCUT2D eigenvalue weighted by Crippen LogP contribution is -2.50. The van der Waals surface area contributed by atoms with Gasteiger partial charge in [0.05, 0.1) is 38.9 Å². The minimum atomic E-state index is -3.64. The quantitative estimate of drug-likeness (QED) is 0.0257. The third-order valence-corrected chi connectivity index (χ3v) is 7.18. The average Bonchev–Trinajstić information content (AvgIpc) is 3.13. The van der Waals surface area contributed by atoms with E-state index in [9.17, 15) is 119 Å². The van der Waals surface area contributed by atoms with Crippen molar-refractivity contribution in [1.82, 2.24) is 12.3 Å². The molecule has 0 aliphatic carbocycles. The maximum absolute atomic E-state index is 12.1. The van der Waals surface area contributed by atoms with Crippen LogP contribution < -0.4 is 12.3 Å². The van der Waals surface area contributed by atoms with Crippen molar-refractivity contribution in [3.8, 4) is 0 Å². The Balaban J connectivity index is -0.0000162. The number of aliphatic hydroxyl groups excluding tert-OH is 12. The van der Waals surface area contributed by atoms with Crippen LogP contribution in [0.3, 0.4) is 0 Å². The molecular formula is C28H44N2O30. The highest BCUT2D eigenvalue weighted by Gasteiger charge is 2.47. The molecule has 32 nitrogen and oxygen atoms in total. The molecule has 0 aromatic heterocycles. The molecule has 12 atom stereocenters. The summed E-state index contributed by atoms with van der Waals surface area (Å²) in [4.78, 5) is 119. The van der Waals surface area contributed by atoms with Crippen molar-refractivity contribution in [2.45, 2.75) is 97.9 Å². The van der Waals surface area contributed by atoms with E-state index in [2.05, 4.69) is 18.9 Å². The van der Waals surface area contributed by atoms with Gasteiger partial charge >= 0.3 is 59.7 Å². The van der Waals surface area contributed by atoms with Gasteiger partial charge in [-0.2, -0.15) is 0 Å². The smallest absolute Gasteiger partial charge is 0.346 e. The van der Waals surface area contributed by atoms with Crippen molar-refractivity contribution >= 4 is 59.7 Å². The number of rotatable bonds is 23. The minimum absolute atomic E-state index is 0. The Labute approximate surface area is 332 Å². The Morgan fingerprint density at radius 2 is 0.583 bits per heavy atom. The molecular weight excluding hydrogens is 844 g/mol. The van der Waals surface area contributed by atoms with Gasteiger partial charge in [0.15, 0.2) is 35.6 Å². The summed E-state index contributed by atoms with van der Waals surface area (Å²) >= 11 is 0. The lowest BCUT2D eigenvalue weighted by Gasteiger charge is -2.25. The third kappa shape index (κ3) is 17.2. The molecule has 0 aliphatic heterocycles. The zero-order valence-electron chi connectivity index (χ0n) is 30.3. The fourth-order valence-electron chi connectivity index (χ4n) is 3.80. The van der Waals surface area contributed by atoms with E-state index in [1.54, 1.807) is 0 Å². The van der Waals surface area contributed by atoms with Crippen molar-refractivity contribution in [2.24, 2.45) is 0 Å². The lowest BCUT2D eigenvalue weighted by atomic mass is 9.95. The van der Waals surface area contributed by atoms with Crippen LogP contribution in [0.2, 0.25) is 0 Å². The standard InChI is InChI=1S/C28H38O30.2H3N/c29-5-7(31)13(37)15(39)17(41)21(45)55-9(33)1-27(53,25(49)50)3-11(35)57-23(47)19(43)20(44)24(48)58-12(36)4-28(54,26(51)52)2-10(34)56-22(46)18(42)16(40)14(38)8(32)6-30;;/h7-8,13-20,29-32,37-44,53-54H,1-6H2,(H,49,50)(H,51,52);2*1H3/t7-,8-,13-,14-,15+,16+,17-,18-,19?,20?,27?,28?;;/m1../s1. The summed E-state index contributed by atoms with van der Waals surface area (Å²) in [6, 6.07) is 0. The van der Waals surface area contributed by atoms with Gasteiger partial charge in [0.2, 0.25) is 0 Å². The lowest BCUT2D eigenvalue weighted by molar-refractivity contribution is -0.188. The molecule has 0 spiro atoms. The zero-order valence-corrected chi connectivity index (χ0v) is 30.3. The van der Waals surface area contributed by atoms with E-state index in [0.717, 1.165) is 0 Å². The molecule has 0 radical (unpaired) electrons. The van der Waals surface area contributed by atoms with Crippen molar-refractivity contribution in [2.75, 3.05) is 13.2 Å². The maximum Gasteiger partial charge on any atom is 0.346 e. The molecule has 4 unspecified atom stereocenters. The summed E-state index contributed by atoms with van der Waals surface area (Å²) < 4.78 is 15.8. The number of hydrogen-bond acceptors (Lipinski definition) is 30. The predicted molar refractivity (Wildman–Crippen MR) is 172 cm³/mol. The molecule has 0 amide bonds. The number of carboxylic acid groups (broad SMARTS) is 2. The highest BCUT2D eigenvalue weighted by molar-refractivity contribution is 5.98. The second-order valence-electron chi connectivity index (χ2n) is 11.8. The number of carbonyl (C=O) groups excluding carboxylic acids is 8. The SMILES string of the molecule is N.N.O=C(CC(O)(CC(=O)OC(=O)[C@H](O)[C@@H](O)[C@H](O)[C@H](O)CO)C(=O)O)OC(=O)C(O)C(O)C(=O)OC(=O)CC(O)(CC(=O)OC(=O)[C@H](O)[C@@H](O)[C@H](O)[C@H](O)CO)C(=O)O. The van der Waals surface area contributed by atoms with Crippen molar-refractivity contribution in [1.29, 1.82) is 0 Å². The predicted octanol–water partition coefficient (Wildman–Crippen LogP) is -11.6. The first-order chi connectivity index (χ1) is 26.5. The van der Waals surface area contributed by atoms with Gasteiger partial charge < -0.3 is 113 Å². The number of hydrogen-bond donors (Lipinski definition) is 18. The first-order valence-corrected chi connectivity index (χ1v) is 15.4. The van der Waals surface area contributed by atoms with Crippen LogP contribution in [-0.2, 0) is 66.9 Å². The fraction of sp³-hybridized carbons (Fsp3) is 0.643. The number of aliphatic hydroxyl groups is 14. The van der Waals surface area contributed by atoms with E-state index in [4.69, 9.17) is 10.2 Å². The highest BCUT2D eigenvalue weighted by Crippen LogP contribution is 2.21. The van der Waals surface area contributed by atoms with Crippen molar-refractivity contribution < 1.29 is 149 Å². The minimum Gasteiger partial charge on any atom is -0.479 e. The van der Waals surface area contributed by atoms with E-state index < -0.39 is 171 Å². The van der Waals surface area contributed by atoms with Crippen molar-refractivity contribution in [3.05, 3.63) is 0 Å². The van der Waals surface area contributed by atoms with E-state index >= 15 is 0 Å². The van der Waals surface area contributed by atoms with E-state index in [1.165, 1.54) is 0 Å². The van der Waals surface area contributed by atoms with Gasteiger partial charge in [-0.15, -0.1) is 0 Å². The van der Waals surface area contributed by atoms with Crippen LogP contribution in [0.15, 0.2) is 0 Å². The molecule has 346 valence electrons. The van der Waals surface area contributed by atoms with E-state index in [0.29, 0.717) is 0 Å². The van der Waals surface area contributed by atoms with Crippen LogP contribution in [0.4, 0.5) is 0 Å². The van der Waals surface area contributed by atoms with Gasteiger partial charge in [-0.25, -0.2) is 28.8 Å². The molecule has 0 aliphatic rings. The summed E-state index contributed by atoms with van der Waals surface area (Å²) in [6.45, 7) is -2.37. The van der Waals surface area contributed by atoms with E-state index in [-0.39, 0.29) is 12.3 Å². The molecule has 0 aromatic rings. The second kappa shape index (κ2) is 25.5. The largest absolute Gasteiger partial charge is 0.479 e. The molecule has 0 bridgehead atoms. The number of aliphatic carboxylic acids is 2. The Kier molecular flexibility index (Phi) is 25.1. The molecule has 0 fully saturated rings. The van der Waals surface area contributed by atoms with Gasteiger partial charge in [0.1, 0.15) is 36.6 Å². The highest BCUT2D eigenvalue weighted by atomic mass is 16.6. The monoisotopic (exact) mass is 888 g/mol. The number of carboxylic acids is 2. The van der Waals surface area contributed by atoms with Crippen LogP contribution >= 0.6 is 0 Å². The first kappa shape index (κ1) is 59.2. The van der Waals surface area contributed by atoms with Crippen LogP contribution in [-0.4, -0.2) is 227 Å². The first-order valence-electron chi connectivity index (χ1n) is 15.4. The van der Waals surface area contributed by atoms with Crippen LogP contribution in [0.25, 0.3) is 0 Å². The number of ether oxygens (including phenoxy) is 4. The Hall–Kier alpha value is -5.14. The number of carbonyl (C=O) groups is 10. The molecule has 0 saturated heterocycles. The molecule has 0 saturated carbocycles. The van der Waals surface area contributed by atoms with E-state index in [1.807, 2.05) is 0 Å². The van der Waals surface area contributed by atoms with Gasteiger partial charge in [0.25, 0.3) is 0 Å². The molecule has 60 heavy (non-hydrogen) atoms. The normalized spacial score (nSPS) is 18.0. The average molecular weight is 889 g/mol. The molecule has 0 rings (SSSR count). The van der Waals surface area contributed by atoms with Crippen LogP contribution in [0.5, 0.6) is 0 Å². The Morgan fingerprint density at radius 1 is 0.383 bits per heavy atom. The van der Waals surface area contributed by atoms with Crippen LogP contribution in [0, 0.1) is 0 Å². The summed E-state index contributed by atoms with van der Waals surface area (Å²) in [6.07, 6.45) is -34.0. The Bertz CT molecular complexity index is 1440. The van der Waals surface area contributed by atoms with Gasteiger partial charge in [-0.05, 0) is 0 Å². The molecule has 0 heterocycles. The summed E-state index contributed by atoms with van der Waals surface area (Å²) in [5.74, 6) is -22.4. The fourth-order valence-corrected chi connectivity index (χ4v) is 3.80. The second-order valence-corrected chi connectivity index (χ2v) is 11.8. The maximum atomic E-state index is 12.1. The van der Waals surface area contributed by atoms with Crippen molar-refractivity contribution in [3.63, 3.8) is 0 Å². The van der Waals surface area contributed by atoms with Gasteiger partial charge in [-0.1, -0.05) is 0 Å². The Morgan fingerprint density at radius 3 is 0.767 bits per heavy atom. The summed E-state index contributed by atoms with van der Waals surface area (Å²) in [7, 11) is 0. The summed E-state index contributed by atoms with van der Waals surface area (Å²) in [5.41, 5.74) is -7.29. The molecule has 0 aromatic carbocycles. The van der Waals surface area contributed by atoms with Gasteiger partial charge in [-0.3, -0.25) is 19.2 Å². The van der Waals surface area contributed by atoms with Crippen LogP contribution in [0.1, 0.15) is 25.7 Å². The number of esters is 8.